The first-order valence-electron chi connectivity index (χ1n) is 5.08. The molecule has 0 spiro atoms. The van der Waals surface area contributed by atoms with Crippen LogP contribution in [0.1, 0.15) is 26.7 Å². The van der Waals surface area contributed by atoms with Crippen LogP contribution in [0.4, 0.5) is 0 Å². The van der Waals surface area contributed by atoms with Crippen LogP contribution in [0.2, 0.25) is 0 Å². The quantitative estimate of drug-likeness (QED) is 0.683. The van der Waals surface area contributed by atoms with Crippen molar-refractivity contribution >= 4 is 0 Å². The maximum absolute atomic E-state index is 10.2. The van der Waals surface area contributed by atoms with Crippen molar-refractivity contribution in [3.8, 4) is 0 Å². The van der Waals surface area contributed by atoms with Gasteiger partial charge in [-0.2, -0.15) is 0 Å². The molecule has 1 heterocycles. The molecule has 0 aliphatic carbocycles. The molecule has 2 atom stereocenters. The van der Waals surface area contributed by atoms with Crippen LogP contribution in [0.15, 0.2) is 0 Å². The molecule has 1 aliphatic heterocycles. The maximum Gasteiger partial charge on any atom is 0.0942 e. The lowest BCUT2D eigenvalue weighted by Crippen LogP contribution is -2.39. The SMILES string of the molecule is CC(C)CC1COCC1(O)CCN. The van der Waals surface area contributed by atoms with Crippen LogP contribution in [0.5, 0.6) is 0 Å². The fourth-order valence-electron chi connectivity index (χ4n) is 2.03. The average molecular weight is 187 g/mol. The van der Waals surface area contributed by atoms with Crippen molar-refractivity contribution in [2.75, 3.05) is 19.8 Å². The number of rotatable bonds is 4. The first kappa shape index (κ1) is 11.0. The minimum absolute atomic E-state index is 0.274. The molecule has 1 rings (SSSR count). The summed E-state index contributed by atoms with van der Waals surface area (Å²) in [6.07, 6.45) is 1.68. The topological polar surface area (TPSA) is 55.5 Å². The Morgan fingerprint density at radius 1 is 1.62 bits per heavy atom. The van der Waals surface area contributed by atoms with Gasteiger partial charge in [0.25, 0.3) is 0 Å². The van der Waals surface area contributed by atoms with Crippen LogP contribution in [0, 0.1) is 11.8 Å². The lowest BCUT2D eigenvalue weighted by Gasteiger charge is -2.28. The standard InChI is InChI=1S/C10H21NO2/c1-8(2)5-9-6-13-7-10(9,12)3-4-11/h8-9,12H,3-7,11H2,1-2H3. The highest BCUT2D eigenvalue weighted by molar-refractivity contribution is 4.91. The summed E-state index contributed by atoms with van der Waals surface area (Å²) in [4.78, 5) is 0. The molecular weight excluding hydrogens is 166 g/mol. The first-order valence-corrected chi connectivity index (χ1v) is 5.08. The second kappa shape index (κ2) is 4.40. The molecule has 3 nitrogen and oxygen atoms in total. The molecule has 13 heavy (non-hydrogen) atoms. The predicted octanol–water partition coefficient (Wildman–Crippen LogP) is 0.759. The Labute approximate surface area is 80.3 Å². The van der Waals surface area contributed by atoms with E-state index in [1.54, 1.807) is 0 Å². The minimum Gasteiger partial charge on any atom is -0.387 e. The molecule has 0 radical (unpaired) electrons. The van der Waals surface area contributed by atoms with E-state index in [-0.39, 0.29) is 5.92 Å². The minimum atomic E-state index is -0.654. The lowest BCUT2D eigenvalue weighted by molar-refractivity contribution is -0.00929. The predicted molar refractivity (Wildman–Crippen MR) is 52.4 cm³/mol. The van der Waals surface area contributed by atoms with Gasteiger partial charge in [0.05, 0.1) is 18.8 Å². The van der Waals surface area contributed by atoms with E-state index in [0.717, 1.165) is 6.42 Å². The fraction of sp³-hybridized carbons (Fsp3) is 1.00. The van der Waals surface area contributed by atoms with Gasteiger partial charge < -0.3 is 15.6 Å². The van der Waals surface area contributed by atoms with Crippen molar-refractivity contribution in [2.45, 2.75) is 32.3 Å². The van der Waals surface area contributed by atoms with E-state index in [1.807, 2.05) is 0 Å². The summed E-state index contributed by atoms with van der Waals surface area (Å²) in [5, 5.41) is 10.2. The second-order valence-corrected chi connectivity index (χ2v) is 4.48. The Balaban J connectivity index is 2.51. The summed E-state index contributed by atoms with van der Waals surface area (Å²) >= 11 is 0. The maximum atomic E-state index is 10.2. The fourth-order valence-corrected chi connectivity index (χ4v) is 2.03. The van der Waals surface area contributed by atoms with Crippen LogP contribution < -0.4 is 5.73 Å². The van der Waals surface area contributed by atoms with Gasteiger partial charge in [-0.15, -0.1) is 0 Å². The monoisotopic (exact) mass is 187 g/mol. The molecule has 3 N–H and O–H groups in total. The van der Waals surface area contributed by atoms with Gasteiger partial charge in [0.15, 0.2) is 0 Å². The third-order valence-electron chi connectivity index (χ3n) is 2.76. The Morgan fingerprint density at radius 2 is 2.31 bits per heavy atom. The number of ether oxygens (including phenoxy) is 1. The molecule has 2 unspecified atom stereocenters. The largest absolute Gasteiger partial charge is 0.387 e. The van der Waals surface area contributed by atoms with Gasteiger partial charge in [0.1, 0.15) is 0 Å². The third kappa shape index (κ3) is 2.66. The van der Waals surface area contributed by atoms with E-state index < -0.39 is 5.60 Å². The summed E-state index contributed by atoms with van der Waals surface area (Å²) in [5.74, 6) is 0.882. The third-order valence-corrected chi connectivity index (χ3v) is 2.76. The summed E-state index contributed by atoms with van der Waals surface area (Å²) < 4.78 is 5.32. The van der Waals surface area contributed by atoms with Crippen molar-refractivity contribution < 1.29 is 9.84 Å². The van der Waals surface area contributed by atoms with Crippen LogP contribution in [0.3, 0.4) is 0 Å². The Morgan fingerprint density at radius 3 is 2.85 bits per heavy atom. The van der Waals surface area contributed by atoms with Crippen molar-refractivity contribution in [2.24, 2.45) is 17.6 Å². The number of hydrogen-bond donors (Lipinski definition) is 2. The molecule has 1 fully saturated rings. The molecule has 1 saturated heterocycles. The van der Waals surface area contributed by atoms with E-state index in [0.29, 0.717) is 32.1 Å². The number of nitrogens with two attached hydrogens (primary N) is 1. The van der Waals surface area contributed by atoms with Crippen molar-refractivity contribution in [3.63, 3.8) is 0 Å². The smallest absolute Gasteiger partial charge is 0.0942 e. The highest BCUT2D eigenvalue weighted by Gasteiger charge is 2.41. The Hall–Kier alpha value is -0.120. The van der Waals surface area contributed by atoms with E-state index in [2.05, 4.69) is 13.8 Å². The highest BCUT2D eigenvalue weighted by Crippen LogP contribution is 2.32. The van der Waals surface area contributed by atoms with E-state index >= 15 is 0 Å². The molecule has 0 saturated carbocycles. The molecular formula is C10H21NO2. The number of aliphatic hydroxyl groups is 1. The van der Waals surface area contributed by atoms with Crippen LogP contribution in [0.25, 0.3) is 0 Å². The average Bonchev–Trinajstić information content (AvgIpc) is 2.32. The van der Waals surface area contributed by atoms with Gasteiger partial charge in [-0.05, 0) is 25.3 Å². The summed E-state index contributed by atoms with van der Waals surface area (Å²) in [5.41, 5.74) is 4.82. The Kier molecular flexibility index (Phi) is 3.71. The van der Waals surface area contributed by atoms with Crippen molar-refractivity contribution in [1.82, 2.24) is 0 Å². The van der Waals surface area contributed by atoms with E-state index in [4.69, 9.17) is 10.5 Å². The highest BCUT2D eigenvalue weighted by atomic mass is 16.5. The zero-order valence-electron chi connectivity index (χ0n) is 8.62. The zero-order valence-corrected chi connectivity index (χ0v) is 8.62. The molecule has 0 aromatic heterocycles. The zero-order chi connectivity index (χ0) is 9.90. The van der Waals surface area contributed by atoms with Crippen LogP contribution >= 0.6 is 0 Å². The van der Waals surface area contributed by atoms with Crippen LogP contribution in [-0.4, -0.2) is 30.5 Å². The van der Waals surface area contributed by atoms with Crippen molar-refractivity contribution in [1.29, 1.82) is 0 Å². The Bertz CT molecular complexity index is 161. The summed E-state index contributed by atoms with van der Waals surface area (Å²) in [6, 6.07) is 0. The first-order chi connectivity index (χ1) is 6.08. The van der Waals surface area contributed by atoms with E-state index in [9.17, 15) is 5.11 Å². The van der Waals surface area contributed by atoms with Crippen LogP contribution in [-0.2, 0) is 4.74 Å². The second-order valence-electron chi connectivity index (χ2n) is 4.48. The number of hydrogen-bond acceptors (Lipinski definition) is 3. The molecule has 0 amide bonds. The van der Waals surface area contributed by atoms with Gasteiger partial charge in [-0.1, -0.05) is 13.8 Å². The normalized spacial score (nSPS) is 34.4. The van der Waals surface area contributed by atoms with Gasteiger partial charge in [0, 0.05) is 5.92 Å². The van der Waals surface area contributed by atoms with E-state index in [1.165, 1.54) is 0 Å². The van der Waals surface area contributed by atoms with Gasteiger partial charge in [-0.3, -0.25) is 0 Å². The molecule has 78 valence electrons. The lowest BCUT2D eigenvalue weighted by atomic mass is 9.82. The van der Waals surface area contributed by atoms with Gasteiger partial charge in [0.2, 0.25) is 0 Å². The summed E-state index contributed by atoms with van der Waals surface area (Å²) in [6.45, 7) is 6.02. The molecule has 0 bridgehead atoms. The molecule has 3 heteroatoms. The van der Waals surface area contributed by atoms with Gasteiger partial charge in [-0.25, -0.2) is 0 Å². The van der Waals surface area contributed by atoms with Gasteiger partial charge >= 0.3 is 0 Å². The molecule has 0 aromatic carbocycles. The summed E-state index contributed by atoms with van der Waals surface area (Å²) in [7, 11) is 0. The van der Waals surface area contributed by atoms with Crippen molar-refractivity contribution in [3.05, 3.63) is 0 Å². The molecule has 1 aliphatic rings. The molecule has 0 aromatic rings.